The van der Waals surface area contributed by atoms with Gasteiger partial charge in [0, 0.05) is 36.9 Å². The van der Waals surface area contributed by atoms with Gasteiger partial charge in [0.25, 0.3) is 0 Å². The van der Waals surface area contributed by atoms with Gasteiger partial charge in [0.2, 0.25) is 5.88 Å². The van der Waals surface area contributed by atoms with Crippen LogP contribution in [0.15, 0.2) is 24.4 Å². The summed E-state index contributed by atoms with van der Waals surface area (Å²) in [5, 5.41) is 3.33. The summed E-state index contributed by atoms with van der Waals surface area (Å²) in [6.45, 7) is 5.17. The van der Waals surface area contributed by atoms with Gasteiger partial charge in [-0.25, -0.2) is 15.0 Å². The Hall–Kier alpha value is -2.17. The second kappa shape index (κ2) is 7.57. The number of anilines is 1. The molecule has 0 atom stereocenters. The van der Waals surface area contributed by atoms with Crippen molar-refractivity contribution in [3.63, 3.8) is 0 Å². The maximum atomic E-state index is 5.18. The molecule has 0 aliphatic rings. The highest BCUT2D eigenvalue weighted by molar-refractivity contribution is 5.63. The van der Waals surface area contributed by atoms with Gasteiger partial charge < -0.3 is 10.1 Å². The molecule has 1 N–H and O–H groups in total. The number of nitrogens with zero attached hydrogens (tertiary/aromatic N) is 3. The number of pyridine rings is 1. The van der Waals surface area contributed by atoms with E-state index in [9.17, 15) is 0 Å². The average Bonchev–Trinajstić information content (AvgIpc) is 2.53. The van der Waals surface area contributed by atoms with Gasteiger partial charge in [0.15, 0.2) is 0 Å². The lowest BCUT2D eigenvalue weighted by atomic mass is 10.2. The van der Waals surface area contributed by atoms with Crippen LogP contribution in [0, 0.1) is 0 Å². The maximum Gasteiger partial charge on any atom is 0.213 e. The third kappa shape index (κ3) is 4.15. The lowest BCUT2D eigenvalue weighted by Crippen LogP contribution is -2.06. The lowest BCUT2D eigenvalue weighted by molar-refractivity contribution is 0.398. The molecule has 2 heterocycles. The van der Waals surface area contributed by atoms with Gasteiger partial charge in [-0.15, -0.1) is 0 Å². The monoisotopic (exact) mass is 286 g/mol. The van der Waals surface area contributed by atoms with Crippen LogP contribution < -0.4 is 10.1 Å². The largest absolute Gasteiger partial charge is 0.481 e. The summed E-state index contributed by atoms with van der Waals surface area (Å²) in [7, 11) is 1.61. The fourth-order valence-corrected chi connectivity index (χ4v) is 2.00. The van der Waals surface area contributed by atoms with Crippen LogP contribution in [0.4, 0.5) is 5.82 Å². The molecule has 0 spiro atoms. The molecule has 0 aliphatic carbocycles. The Morgan fingerprint density at radius 2 is 2.00 bits per heavy atom. The minimum Gasteiger partial charge on any atom is -0.481 e. The molecule has 5 heteroatoms. The van der Waals surface area contributed by atoms with Crippen LogP contribution in [0.25, 0.3) is 11.3 Å². The number of rotatable bonds is 7. The molecule has 2 aromatic rings. The summed E-state index contributed by atoms with van der Waals surface area (Å²) >= 11 is 0. The first-order chi connectivity index (χ1) is 10.3. The molecule has 2 aromatic heterocycles. The van der Waals surface area contributed by atoms with Gasteiger partial charge in [0.1, 0.15) is 11.6 Å². The molecule has 0 unspecified atom stereocenters. The number of hydrogen-bond acceptors (Lipinski definition) is 5. The fraction of sp³-hybridized carbons (Fsp3) is 0.438. The van der Waals surface area contributed by atoms with Gasteiger partial charge in [0.05, 0.1) is 12.8 Å². The molecule has 0 radical (unpaired) electrons. The van der Waals surface area contributed by atoms with Gasteiger partial charge in [-0.2, -0.15) is 0 Å². The minimum atomic E-state index is 0.589. The predicted octanol–water partition coefficient (Wildman–Crippen LogP) is 3.32. The van der Waals surface area contributed by atoms with Crippen LogP contribution in [0.1, 0.15) is 32.5 Å². The van der Waals surface area contributed by atoms with Gasteiger partial charge in [-0.05, 0) is 18.9 Å². The van der Waals surface area contributed by atoms with Crippen LogP contribution in [0.5, 0.6) is 5.88 Å². The van der Waals surface area contributed by atoms with Gasteiger partial charge >= 0.3 is 0 Å². The Bertz CT molecular complexity index is 586. The van der Waals surface area contributed by atoms with E-state index >= 15 is 0 Å². The van der Waals surface area contributed by atoms with E-state index in [0.717, 1.165) is 48.7 Å². The van der Waals surface area contributed by atoms with E-state index in [2.05, 4.69) is 34.1 Å². The second-order valence-corrected chi connectivity index (χ2v) is 4.82. The quantitative estimate of drug-likeness (QED) is 0.846. The van der Waals surface area contributed by atoms with E-state index < -0.39 is 0 Å². The third-order valence-electron chi connectivity index (χ3n) is 3.04. The molecule has 0 saturated carbocycles. The summed E-state index contributed by atoms with van der Waals surface area (Å²) in [5.74, 6) is 2.33. The van der Waals surface area contributed by atoms with E-state index in [1.54, 1.807) is 13.3 Å². The summed E-state index contributed by atoms with van der Waals surface area (Å²) in [6, 6.07) is 5.80. The first-order valence-electron chi connectivity index (χ1n) is 7.39. The molecule has 112 valence electrons. The first-order valence-corrected chi connectivity index (χ1v) is 7.39. The molecule has 0 saturated heterocycles. The minimum absolute atomic E-state index is 0.589. The highest BCUT2D eigenvalue weighted by Gasteiger charge is 2.07. The Labute approximate surface area is 125 Å². The number of nitrogens with one attached hydrogen (secondary N) is 1. The zero-order valence-corrected chi connectivity index (χ0v) is 12.9. The zero-order valence-electron chi connectivity index (χ0n) is 12.9. The highest BCUT2D eigenvalue weighted by atomic mass is 16.5. The number of aryl methyl sites for hydroxylation is 1. The molecular weight excluding hydrogens is 264 g/mol. The maximum absolute atomic E-state index is 5.18. The van der Waals surface area contributed by atoms with Crippen molar-refractivity contribution in [2.45, 2.75) is 33.1 Å². The van der Waals surface area contributed by atoms with Crippen molar-refractivity contribution in [1.82, 2.24) is 15.0 Å². The molecular formula is C16H22N4O. The normalized spacial score (nSPS) is 10.4. The molecule has 0 amide bonds. The third-order valence-corrected chi connectivity index (χ3v) is 3.04. The van der Waals surface area contributed by atoms with Crippen molar-refractivity contribution in [3.05, 3.63) is 30.2 Å². The summed E-state index contributed by atoms with van der Waals surface area (Å²) in [4.78, 5) is 13.3. The molecule has 2 rings (SSSR count). The molecule has 0 aromatic carbocycles. The van der Waals surface area contributed by atoms with E-state index in [1.807, 2.05) is 18.2 Å². The summed E-state index contributed by atoms with van der Waals surface area (Å²) < 4.78 is 5.18. The Morgan fingerprint density at radius 1 is 1.14 bits per heavy atom. The Balaban J connectivity index is 2.37. The standard InChI is InChI=1S/C16H22N4O/c1-4-6-14-19-13(11-15(20-14)17-8-5-2)12-7-9-18-16(10-12)21-3/h7,9-11H,4-6,8H2,1-3H3,(H,17,19,20). The molecule has 5 nitrogen and oxygen atoms in total. The molecule has 0 fully saturated rings. The van der Waals surface area contributed by atoms with E-state index in [4.69, 9.17) is 4.74 Å². The smallest absolute Gasteiger partial charge is 0.213 e. The first kappa shape index (κ1) is 15.2. The number of hydrogen-bond donors (Lipinski definition) is 1. The number of ether oxygens (including phenoxy) is 1. The second-order valence-electron chi connectivity index (χ2n) is 4.82. The van der Waals surface area contributed by atoms with E-state index in [0.29, 0.717) is 5.88 Å². The van der Waals surface area contributed by atoms with E-state index in [1.165, 1.54) is 0 Å². The van der Waals surface area contributed by atoms with Crippen LogP contribution >= 0.6 is 0 Å². The lowest BCUT2D eigenvalue weighted by Gasteiger charge is -2.10. The van der Waals surface area contributed by atoms with Crippen LogP contribution in [0.2, 0.25) is 0 Å². The number of methoxy groups -OCH3 is 1. The number of aromatic nitrogens is 3. The van der Waals surface area contributed by atoms with Crippen LogP contribution in [-0.4, -0.2) is 28.6 Å². The average molecular weight is 286 g/mol. The van der Waals surface area contributed by atoms with E-state index in [-0.39, 0.29) is 0 Å². The van der Waals surface area contributed by atoms with Crippen LogP contribution in [-0.2, 0) is 6.42 Å². The van der Waals surface area contributed by atoms with Crippen molar-refractivity contribution in [1.29, 1.82) is 0 Å². The molecule has 0 aliphatic heterocycles. The topological polar surface area (TPSA) is 59.9 Å². The van der Waals surface area contributed by atoms with Gasteiger partial charge in [-0.1, -0.05) is 13.8 Å². The SMILES string of the molecule is CCCNc1cc(-c2ccnc(OC)c2)nc(CCC)n1. The summed E-state index contributed by atoms with van der Waals surface area (Å²) in [5.41, 5.74) is 1.88. The van der Waals surface area contributed by atoms with Crippen molar-refractivity contribution in [2.24, 2.45) is 0 Å². The fourth-order valence-electron chi connectivity index (χ4n) is 2.00. The van der Waals surface area contributed by atoms with Crippen LogP contribution in [0.3, 0.4) is 0 Å². The van der Waals surface area contributed by atoms with Crippen molar-refractivity contribution >= 4 is 5.82 Å². The molecule has 0 bridgehead atoms. The van der Waals surface area contributed by atoms with Crippen molar-refractivity contribution in [3.8, 4) is 17.1 Å². The highest BCUT2D eigenvalue weighted by Crippen LogP contribution is 2.22. The Kier molecular flexibility index (Phi) is 5.49. The Morgan fingerprint density at radius 3 is 2.71 bits per heavy atom. The molecule has 21 heavy (non-hydrogen) atoms. The van der Waals surface area contributed by atoms with Gasteiger partial charge in [-0.3, -0.25) is 0 Å². The zero-order chi connectivity index (χ0) is 15.1. The predicted molar refractivity (Wildman–Crippen MR) is 84.6 cm³/mol. The van der Waals surface area contributed by atoms with Crippen molar-refractivity contribution in [2.75, 3.05) is 19.0 Å². The summed E-state index contributed by atoms with van der Waals surface area (Å²) in [6.07, 6.45) is 4.69. The van der Waals surface area contributed by atoms with Crippen molar-refractivity contribution < 1.29 is 4.74 Å².